The highest BCUT2D eigenvalue weighted by molar-refractivity contribution is 6.17. The number of nitrogens with one attached hydrogen (secondary N) is 1. The van der Waals surface area contributed by atoms with E-state index in [0.717, 1.165) is 12.0 Å². The average Bonchev–Trinajstić information content (AvgIpc) is 2.27. The first-order valence-electron chi connectivity index (χ1n) is 5.49. The Morgan fingerprint density at radius 3 is 2.50 bits per heavy atom. The molecule has 0 radical (unpaired) electrons. The summed E-state index contributed by atoms with van der Waals surface area (Å²) < 4.78 is 0. The van der Waals surface area contributed by atoms with Gasteiger partial charge in [0.2, 0.25) is 5.91 Å². The lowest BCUT2D eigenvalue weighted by atomic mass is 9.94. The molecule has 0 aliphatic carbocycles. The van der Waals surface area contributed by atoms with E-state index in [1.807, 2.05) is 44.2 Å². The molecule has 2 nitrogen and oxygen atoms in total. The van der Waals surface area contributed by atoms with Gasteiger partial charge in [-0.15, -0.1) is 11.6 Å². The molecule has 0 saturated carbocycles. The lowest BCUT2D eigenvalue weighted by Gasteiger charge is -2.27. The number of amides is 1. The molecule has 1 amide bonds. The molecule has 1 rings (SSSR count). The van der Waals surface area contributed by atoms with Gasteiger partial charge in [0, 0.05) is 12.3 Å². The van der Waals surface area contributed by atoms with Crippen molar-refractivity contribution in [3.63, 3.8) is 0 Å². The molecule has 0 unspecified atom stereocenters. The highest BCUT2D eigenvalue weighted by Gasteiger charge is 2.21. The number of carbonyl (C=O) groups is 1. The smallest absolute Gasteiger partial charge is 0.220 e. The summed E-state index contributed by atoms with van der Waals surface area (Å²) >= 11 is 5.55. The first-order valence-corrected chi connectivity index (χ1v) is 6.02. The minimum Gasteiger partial charge on any atom is -0.347 e. The van der Waals surface area contributed by atoms with E-state index in [1.165, 1.54) is 0 Å². The second-order valence-corrected chi connectivity index (χ2v) is 4.71. The molecule has 0 aliphatic rings. The fourth-order valence-corrected chi connectivity index (χ4v) is 1.70. The predicted octanol–water partition coefficient (Wildman–Crippen LogP) is 3.06. The number of alkyl halides is 1. The molecular weight excluding hydrogens is 222 g/mol. The van der Waals surface area contributed by atoms with Crippen LogP contribution in [0.2, 0.25) is 0 Å². The summed E-state index contributed by atoms with van der Waals surface area (Å²) in [5.41, 5.74) is 0.777. The molecule has 0 fully saturated rings. The van der Waals surface area contributed by atoms with Crippen molar-refractivity contribution in [2.24, 2.45) is 0 Å². The van der Waals surface area contributed by atoms with E-state index in [2.05, 4.69) is 5.32 Å². The largest absolute Gasteiger partial charge is 0.347 e. The van der Waals surface area contributed by atoms with Crippen LogP contribution in [0, 0.1) is 0 Å². The maximum atomic E-state index is 11.6. The van der Waals surface area contributed by atoms with Crippen LogP contribution >= 0.6 is 11.6 Å². The third-order valence-corrected chi connectivity index (χ3v) is 2.75. The summed E-state index contributed by atoms with van der Waals surface area (Å²) in [6, 6.07) is 9.95. The highest BCUT2D eigenvalue weighted by atomic mass is 35.5. The number of hydrogen-bond donors (Lipinski definition) is 1. The van der Waals surface area contributed by atoms with Gasteiger partial charge < -0.3 is 5.32 Å². The normalized spacial score (nSPS) is 11.2. The second kappa shape index (κ2) is 5.90. The Labute approximate surface area is 102 Å². The van der Waals surface area contributed by atoms with Crippen molar-refractivity contribution >= 4 is 17.5 Å². The molecule has 0 aliphatic heterocycles. The number of carbonyl (C=O) groups excluding carboxylic acids is 1. The van der Waals surface area contributed by atoms with Gasteiger partial charge >= 0.3 is 0 Å². The van der Waals surface area contributed by atoms with Crippen LogP contribution in [0.1, 0.15) is 32.3 Å². The van der Waals surface area contributed by atoms with Crippen LogP contribution in [-0.4, -0.2) is 11.8 Å². The fourth-order valence-electron chi connectivity index (χ4n) is 1.57. The summed E-state index contributed by atoms with van der Waals surface area (Å²) in [6.45, 7) is 4.00. The van der Waals surface area contributed by atoms with Gasteiger partial charge in [-0.2, -0.15) is 0 Å². The molecule has 16 heavy (non-hydrogen) atoms. The zero-order valence-corrected chi connectivity index (χ0v) is 10.6. The molecule has 0 atom stereocenters. The van der Waals surface area contributed by atoms with Crippen molar-refractivity contribution < 1.29 is 4.79 Å². The molecule has 0 aromatic heterocycles. The van der Waals surface area contributed by atoms with E-state index < -0.39 is 0 Å². The van der Waals surface area contributed by atoms with E-state index in [1.54, 1.807) is 0 Å². The van der Waals surface area contributed by atoms with Crippen molar-refractivity contribution in [1.29, 1.82) is 0 Å². The molecule has 0 saturated heterocycles. The summed E-state index contributed by atoms with van der Waals surface area (Å²) in [6.07, 6.45) is 1.21. The standard InChI is InChI=1S/C13H18ClNO/c1-13(2,11-7-4-3-5-8-11)15-12(16)9-6-10-14/h3-5,7-8H,6,9-10H2,1-2H3,(H,15,16). The van der Waals surface area contributed by atoms with Gasteiger partial charge in [0.25, 0.3) is 0 Å². The number of benzene rings is 1. The molecule has 3 heteroatoms. The maximum absolute atomic E-state index is 11.6. The summed E-state index contributed by atoms with van der Waals surface area (Å²) in [5, 5.41) is 3.01. The van der Waals surface area contributed by atoms with Crippen LogP contribution in [-0.2, 0) is 10.3 Å². The van der Waals surface area contributed by atoms with Crippen molar-refractivity contribution in [3.05, 3.63) is 35.9 Å². The monoisotopic (exact) mass is 239 g/mol. The zero-order valence-electron chi connectivity index (χ0n) is 9.79. The van der Waals surface area contributed by atoms with E-state index in [0.29, 0.717) is 12.3 Å². The van der Waals surface area contributed by atoms with E-state index in [-0.39, 0.29) is 11.4 Å². The first kappa shape index (κ1) is 13.0. The lowest BCUT2D eigenvalue weighted by Crippen LogP contribution is -2.40. The quantitative estimate of drug-likeness (QED) is 0.787. The molecule has 88 valence electrons. The van der Waals surface area contributed by atoms with Crippen LogP contribution in [0.25, 0.3) is 0 Å². The minimum absolute atomic E-state index is 0.0505. The van der Waals surface area contributed by atoms with Crippen molar-refractivity contribution in [1.82, 2.24) is 5.32 Å². The summed E-state index contributed by atoms with van der Waals surface area (Å²) in [4.78, 5) is 11.6. The third kappa shape index (κ3) is 3.86. The molecule has 1 aromatic rings. The minimum atomic E-state index is -0.329. The van der Waals surface area contributed by atoms with Crippen molar-refractivity contribution in [2.75, 3.05) is 5.88 Å². The van der Waals surface area contributed by atoms with Gasteiger partial charge in [-0.1, -0.05) is 30.3 Å². The predicted molar refractivity (Wildman–Crippen MR) is 67.6 cm³/mol. The highest BCUT2D eigenvalue weighted by Crippen LogP contribution is 2.19. The van der Waals surface area contributed by atoms with Crippen molar-refractivity contribution in [3.8, 4) is 0 Å². The number of rotatable bonds is 5. The van der Waals surface area contributed by atoms with Crippen LogP contribution in [0.15, 0.2) is 30.3 Å². The Bertz CT molecular complexity index is 335. The van der Waals surface area contributed by atoms with Crippen LogP contribution in [0.4, 0.5) is 0 Å². The van der Waals surface area contributed by atoms with Gasteiger partial charge in [-0.25, -0.2) is 0 Å². The van der Waals surface area contributed by atoms with Gasteiger partial charge in [0.15, 0.2) is 0 Å². The SMILES string of the molecule is CC(C)(NC(=O)CCCCl)c1ccccc1. The van der Waals surface area contributed by atoms with Gasteiger partial charge in [-0.05, 0) is 25.8 Å². The summed E-state index contributed by atoms with van der Waals surface area (Å²) in [5.74, 6) is 0.577. The Hall–Kier alpha value is -1.02. The van der Waals surface area contributed by atoms with Crippen LogP contribution < -0.4 is 5.32 Å². The van der Waals surface area contributed by atoms with Crippen molar-refractivity contribution in [2.45, 2.75) is 32.2 Å². The number of hydrogen-bond acceptors (Lipinski definition) is 1. The Balaban J connectivity index is 2.61. The van der Waals surface area contributed by atoms with Gasteiger partial charge in [0.1, 0.15) is 0 Å². The molecule has 0 spiro atoms. The third-order valence-electron chi connectivity index (χ3n) is 2.48. The Kier molecular flexibility index (Phi) is 4.81. The van der Waals surface area contributed by atoms with Crippen LogP contribution in [0.5, 0.6) is 0 Å². The average molecular weight is 240 g/mol. The van der Waals surface area contributed by atoms with Gasteiger partial charge in [-0.3, -0.25) is 4.79 Å². The van der Waals surface area contributed by atoms with E-state index in [9.17, 15) is 4.79 Å². The van der Waals surface area contributed by atoms with E-state index >= 15 is 0 Å². The topological polar surface area (TPSA) is 29.1 Å². The second-order valence-electron chi connectivity index (χ2n) is 4.33. The number of halogens is 1. The Morgan fingerprint density at radius 1 is 1.31 bits per heavy atom. The Morgan fingerprint density at radius 2 is 1.94 bits per heavy atom. The lowest BCUT2D eigenvalue weighted by molar-refractivity contribution is -0.122. The van der Waals surface area contributed by atoms with Crippen LogP contribution in [0.3, 0.4) is 0 Å². The molecule has 0 bridgehead atoms. The summed E-state index contributed by atoms with van der Waals surface area (Å²) in [7, 11) is 0. The van der Waals surface area contributed by atoms with Gasteiger partial charge in [0.05, 0.1) is 5.54 Å². The maximum Gasteiger partial charge on any atom is 0.220 e. The first-order chi connectivity index (χ1) is 7.56. The molecule has 0 heterocycles. The zero-order chi connectivity index (χ0) is 12.0. The molecular formula is C13H18ClNO. The molecule has 1 N–H and O–H groups in total. The van der Waals surface area contributed by atoms with E-state index in [4.69, 9.17) is 11.6 Å². The fraction of sp³-hybridized carbons (Fsp3) is 0.462. The molecule has 1 aromatic carbocycles.